The van der Waals surface area contributed by atoms with E-state index < -0.39 is 22.0 Å². The summed E-state index contributed by atoms with van der Waals surface area (Å²) in [5, 5.41) is 13.6. The summed E-state index contributed by atoms with van der Waals surface area (Å²) >= 11 is 0. The maximum absolute atomic E-state index is 11.2. The molecule has 2 rings (SSSR count). The molecule has 78 valence electrons. The molecule has 1 aliphatic rings. The molecule has 6 heteroatoms. The summed E-state index contributed by atoms with van der Waals surface area (Å²) < 4.78 is 24.0. The second-order valence-electron chi connectivity index (χ2n) is 3.71. The lowest BCUT2D eigenvalue weighted by molar-refractivity contribution is 0.146. The van der Waals surface area contributed by atoms with Gasteiger partial charge < -0.3 is 5.11 Å². The third-order valence-electron chi connectivity index (χ3n) is 2.36. The van der Waals surface area contributed by atoms with Gasteiger partial charge in [0.2, 0.25) is 0 Å². The molecule has 1 aromatic heterocycles. The highest BCUT2D eigenvalue weighted by atomic mass is 32.2. The van der Waals surface area contributed by atoms with E-state index in [9.17, 15) is 13.5 Å². The van der Waals surface area contributed by atoms with Crippen molar-refractivity contribution in [3.63, 3.8) is 0 Å². The van der Waals surface area contributed by atoms with Gasteiger partial charge in [-0.1, -0.05) is 0 Å². The fourth-order valence-corrected chi connectivity index (χ4v) is 3.45. The summed E-state index contributed by atoms with van der Waals surface area (Å²) in [4.78, 5) is 0. The normalized spacial score (nSPS) is 30.7. The zero-order chi connectivity index (χ0) is 10.3. The molecule has 0 amide bonds. The maximum atomic E-state index is 11.2. The highest BCUT2D eigenvalue weighted by Gasteiger charge is 2.37. The predicted molar refractivity (Wildman–Crippen MR) is 50.7 cm³/mol. The number of rotatable bonds is 1. The van der Waals surface area contributed by atoms with Crippen LogP contribution in [0.2, 0.25) is 0 Å². The van der Waals surface area contributed by atoms with Crippen LogP contribution in [0.3, 0.4) is 0 Å². The van der Waals surface area contributed by atoms with Crippen LogP contribution in [0.4, 0.5) is 0 Å². The van der Waals surface area contributed by atoms with E-state index in [1.165, 1.54) is 4.68 Å². The Morgan fingerprint density at radius 3 is 2.71 bits per heavy atom. The molecule has 2 unspecified atom stereocenters. The quantitative estimate of drug-likeness (QED) is 0.688. The standard InChI is InChI=1S/C8H12N2O3S/c1-6-2-9-10(3-6)7-4-14(12,13)5-8(7)11/h2-3,7-8,11H,4-5H2,1H3. The molecule has 0 spiro atoms. The van der Waals surface area contributed by atoms with Crippen LogP contribution in [0, 0.1) is 6.92 Å². The van der Waals surface area contributed by atoms with Crippen LogP contribution in [0.25, 0.3) is 0 Å². The predicted octanol–water partition coefficient (Wildman–Crippen LogP) is -0.478. The summed E-state index contributed by atoms with van der Waals surface area (Å²) in [5.41, 5.74) is 0.960. The van der Waals surface area contributed by atoms with Crippen LogP contribution in [-0.2, 0) is 9.84 Å². The van der Waals surface area contributed by atoms with Crippen LogP contribution in [-0.4, -0.2) is 40.9 Å². The summed E-state index contributed by atoms with van der Waals surface area (Å²) in [6, 6.07) is -0.423. The van der Waals surface area contributed by atoms with Crippen LogP contribution >= 0.6 is 0 Å². The Morgan fingerprint density at radius 2 is 2.29 bits per heavy atom. The van der Waals surface area contributed by atoms with Crippen LogP contribution in [0.15, 0.2) is 12.4 Å². The van der Waals surface area contributed by atoms with Crippen molar-refractivity contribution >= 4 is 9.84 Å². The Kier molecular flexibility index (Phi) is 2.11. The number of hydrogen-bond acceptors (Lipinski definition) is 4. The fraction of sp³-hybridized carbons (Fsp3) is 0.625. The molecule has 1 aliphatic heterocycles. The number of aliphatic hydroxyl groups is 1. The molecule has 14 heavy (non-hydrogen) atoms. The highest BCUT2D eigenvalue weighted by molar-refractivity contribution is 7.91. The second kappa shape index (κ2) is 3.06. The summed E-state index contributed by atoms with van der Waals surface area (Å²) in [7, 11) is -3.09. The van der Waals surface area contributed by atoms with Crippen LogP contribution in [0.5, 0.6) is 0 Å². The van der Waals surface area contributed by atoms with Gasteiger partial charge in [-0.15, -0.1) is 0 Å². The van der Waals surface area contributed by atoms with E-state index in [4.69, 9.17) is 0 Å². The molecule has 5 nitrogen and oxygen atoms in total. The summed E-state index contributed by atoms with van der Waals surface area (Å²) in [6.45, 7) is 1.87. The Balaban J connectivity index is 2.29. The maximum Gasteiger partial charge on any atom is 0.155 e. The second-order valence-corrected chi connectivity index (χ2v) is 5.86. The molecule has 2 atom stereocenters. The van der Waals surface area contributed by atoms with Gasteiger partial charge in [-0.25, -0.2) is 8.42 Å². The first kappa shape index (κ1) is 9.67. The molecule has 0 aromatic carbocycles. The van der Waals surface area contributed by atoms with E-state index in [0.717, 1.165) is 5.56 Å². The average Bonchev–Trinajstić information content (AvgIpc) is 2.55. The Morgan fingerprint density at radius 1 is 1.57 bits per heavy atom. The van der Waals surface area contributed by atoms with Gasteiger partial charge in [0.1, 0.15) is 0 Å². The molecular formula is C8H12N2O3S. The Bertz CT molecular complexity index is 437. The van der Waals surface area contributed by atoms with Gasteiger partial charge >= 0.3 is 0 Å². The largest absolute Gasteiger partial charge is 0.390 e. The first-order chi connectivity index (χ1) is 6.48. The van der Waals surface area contributed by atoms with Crippen molar-refractivity contribution in [1.29, 1.82) is 0 Å². The van der Waals surface area contributed by atoms with Gasteiger partial charge in [-0.2, -0.15) is 5.10 Å². The SMILES string of the molecule is Cc1cnn(C2CS(=O)(=O)CC2O)c1. The fourth-order valence-electron chi connectivity index (χ4n) is 1.68. The topological polar surface area (TPSA) is 72.2 Å². The summed E-state index contributed by atoms with van der Waals surface area (Å²) in [5.74, 6) is -0.175. The number of nitrogens with zero attached hydrogens (tertiary/aromatic N) is 2. The van der Waals surface area contributed by atoms with Gasteiger partial charge in [-0.3, -0.25) is 4.68 Å². The van der Waals surface area contributed by atoms with E-state index in [1.807, 2.05) is 6.92 Å². The van der Waals surface area contributed by atoms with Crippen molar-refractivity contribution in [2.75, 3.05) is 11.5 Å². The van der Waals surface area contributed by atoms with Crippen molar-refractivity contribution < 1.29 is 13.5 Å². The van der Waals surface area contributed by atoms with E-state index in [-0.39, 0.29) is 11.5 Å². The molecule has 0 radical (unpaired) electrons. The van der Waals surface area contributed by atoms with Crippen molar-refractivity contribution in [2.24, 2.45) is 0 Å². The monoisotopic (exact) mass is 216 g/mol. The van der Waals surface area contributed by atoms with E-state index in [1.54, 1.807) is 12.4 Å². The van der Waals surface area contributed by atoms with E-state index >= 15 is 0 Å². The lowest BCUT2D eigenvalue weighted by atomic mass is 10.2. The molecule has 0 aliphatic carbocycles. The number of hydrogen-bond donors (Lipinski definition) is 1. The number of aryl methyl sites for hydroxylation is 1. The minimum absolute atomic E-state index is 0.0186. The lowest BCUT2D eigenvalue weighted by Gasteiger charge is -2.12. The zero-order valence-corrected chi connectivity index (χ0v) is 8.61. The smallest absolute Gasteiger partial charge is 0.155 e. The zero-order valence-electron chi connectivity index (χ0n) is 7.79. The first-order valence-electron chi connectivity index (χ1n) is 4.37. The third-order valence-corrected chi connectivity index (χ3v) is 4.06. The van der Waals surface area contributed by atoms with E-state index in [2.05, 4.69) is 5.10 Å². The molecule has 0 saturated carbocycles. The summed E-state index contributed by atoms with van der Waals surface area (Å²) in [6.07, 6.45) is 2.56. The number of aliphatic hydroxyl groups excluding tert-OH is 1. The van der Waals surface area contributed by atoms with Crippen LogP contribution in [0.1, 0.15) is 11.6 Å². The average molecular weight is 216 g/mol. The molecule has 1 fully saturated rings. The molecule has 1 saturated heterocycles. The lowest BCUT2D eigenvalue weighted by Crippen LogP contribution is -2.22. The number of aromatic nitrogens is 2. The molecular weight excluding hydrogens is 204 g/mol. The van der Waals surface area contributed by atoms with Crippen molar-refractivity contribution in [3.8, 4) is 0 Å². The number of sulfone groups is 1. The van der Waals surface area contributed by atoms with Crippen molar-refractivity contribution in [3.05, 3.63) is 18.0 Å². The minimum atomic E-state index is -3.09. The van der Waals surface area contributed by atoms with Gasteiger partial charge in [0.05, 0.1) is 29.8 Å². The third kappa shape index (κ3) is 1.67. The molecule has 1 aromatic rings. The van der Waals surface area contributed by atoms with Crippen molar-refractivity contribution in [2.45, 2.75) is 19.1 Å². The Hall–Kier alpha value is -0.880. The highest BCUT2D eigenvalue weighted by Crippen LogP contribution is 2.23. The van der Waals surface area contributed by atoms with Gasteiger partial charge in [0.15, 0.2) is 9.84 Å². The van der Waals surface area contributed by atoms with Gasteiger partial charge in [0.25, 0.3) is 0 Å². The molecule has 2 heterocycles. The van der Waals surface area contributed by atoms with Crippen molar-refractivity contribution in [1.82, 2.24) is 9.78 Å². The first-order valence-corrected chi connectivity index (χ1v) is 6.19. The molecule has 1 N–H and O–H groups in total. The van der Waals surface area contributed by atoms with E-state index in [0.29, 0.717) is 0 Å². The Labute approximate surface area is 82.3 Å². The molecule has 0 bridgehead atoms. The van der Waals surface area contributed by atoms with Gasteiger partial charge in [0, 0.05) is 6.20 Å². The minimum Gasteiger partial charge on any atom is -0.390 e. The van der Waals surface area contributed by atoms with Crippen LogP contribution < -0.4 is 0 Å². The van der Waals surface area contributed by atoms with Gasteiger partial charge in [-0.05, 0) is 12.5 Å².